The summed E-state index contributed by atoms with van der Waals surface area (Å²) in [5.41, 5.74) is -0.379. The van der Waals surface area contributed by atoms with Crippen molar-refractivity contribution in [1.29, 1.82) is 0 Å². The lowest BCUT2D eigenvalue weighted by Gasteiger charge is -2.39. The summed E-state index contributed by atoms with van der Waals surface area (Å²) in [5.74, 6) is 1.19. The third-order valence-corrected chi connectivity index (χ3v) is 6.74. The molecular formula is C15H22BrNO3S. The Balaban J connectivity index is 2.22. The lowest BCUT2D eigenvalue weighted by atomic mass is 9.78. The van der Waals surface area contributed by atoms with E-state index < -0.39 is 10.0 Å². The molecule has 0 amide bonds. The Kier molecular flexibility index (Phi) is 5.33. The van der Waals surface area contributed by atoms with Crippen LogP contribution in [0, 0.1) is 5.92 Å². The molecule has 0 aliphatic heterocycles. The molecule has 118 valence electrons. The van der Waals surface area contributed by atoms with E-state index in [0.29, 0.717) is 17.0 Å². The second-order valence-corrected chi connectivity index (χ2v) is 8.14. The van der Waals surface area contributed by atoms with Crippen LogP contribution in [0.25, 0.3) is 0 Å². The number of hydrogen-bond donors (Lipinski definition) is 1. The molecular weight excluding hydrogens is 354 g/mol. The van der Waals surface area contributed by atoms with Crippen molar-refractivity contribution >= 4 is 26.0 Å². The number of ether oxygens (including phenoxy) is 1. The Morgan fingerprint density at radius 1 is 1.38 bits per heavy atom. The summed E-state index contributed by atoms with van der Waals surface area (Å²) in [6.45, 7) is 2.18. The molecule has 2 atom stereocenters. The molecule has 1 N–H and O–H groups in total. The second kappa shape index (κ2) is 6.67. The van der Waals surface area contributed by atoms with E-state index in [1.165, 1.54) is 6.42 Å². The first-order chi connectivity index (χ1) is 9.91. The fraction of sp³-hybridized carbons (Fsp3) is 0.600. The minimum atomic E-state index is -3.51. The summed E-state index contributed by atoms with van der Waals surface area (Å²) in [6, 6.07) is 6.49. The number of sulfonamides is 1. The molecule has 2 rings (SSSR count). The van der Waals surface area contributed by atoms with E-state index in [-0.39, 0.29) is 10.4 Å². The van der Waals surface area contributed by atoms with E-state index in [0.717, 1.165) is 19.3 Å². The number of halogens is 1. The number of alkyl halides is 1. The molecule has 0 saturated heterocycles. The normalized spacial score (nSPS) is 26.5. The van der Waals surface area contributed by atoms with Crippen molar-refractivity contribution in [2.45, 2.75) is 43.0 Å². The first kappa shape index (κ1) is 16.8. The van der Waals surface area contributed by atoms with Gasteiger partial charge in [-0.25, -0.2) is 13.1 Å². The average Bonchev–Trinajstić information content (AvgIpc) is 2.47. The highest BCUT2D eigenvalue weighted by atomic mass is 79.9. The summed E-state index contributed by atoms with van der Waals surface area (Å²) >= 11 is 3.50. The molecule has 1 fully saturated rings. The molecule has 0 aromatic heterocycles. The van der Waals surface area contributed by atoms with Gasteiger partial charge in [0.05, 0.1) is 12.0 Å². The summed E-state index contributed by atoms with van der Waals surface area (Å²) in [5, 5.41) is 0.639. The SMILES string of the molecule is COc1ccc(S(=O)(=O)NC2(CBr)CCCC(C)C2)cc1. The van der Waals surface area contributed by atoms with Gasteiger partial charge >= 0.3 is 0 Å². The van der Waals surface area contributed by atoms with Gasteiger partial charge in [0.25, 0.3) is 0 Å². The minimum absolute atomic E-state index is 0.279. The van der Waals surface area contributed by atoms with Gasteiger partial charge < -0.3 is 4.74 Å². The van der Waals surface area contributed by atoms with Gasteiger partial charge in [0, 0.05) is 10.9 Å². The maximum Gasteiger partial charge on any atom is 0.241 e. The van der Waals surface area contributed by atoms with E-state index >= 15 is 0 Å². The van der Waals surface area contributed by atoms with Gasteiger partial charge in [-0.1, -0.05) is 35.7 Å². The van der Waals surface area contributed by atoms with Crippen LogP contribution in [-0.2, 0) is 10.0 Å². The molecule has 1 aliphatic carbocycles. The quantitative estimate of drug-likeness (QED) is 0.803. The van der Waals surface area contributed by atoms with Crippen molar-refractivity contribution in [3.63, 3.8) is 0 Å². The maximum atomic E-state index is 12.6. The van der Waals surface area contributed by atoms with Crippen molar-refractivity contribution in [1.82, 2.24) is 4.72 Å². The number of hydrogen-bond acceptors (Lipinski definition) is 3. The molecule has 1 aliphatic rings. The molecule has 0 radical (unpaired) electrons. The van der Waals surface area contributed by atoms with Crippen LogP contribution in [0.15, 0.2) is 29.2 Å². The molecule has 1 aromatic rings. The van der Waals surface area contributed by atoms with Crippen molar-refractivity contribution in [2.24, 2.45) is 5.92 Å². The third-order valence-electron chi connectivity index (χ3n) is 4.07. The summed E-state index contributed by atoms with van der Waals surface area (Å²) < 4.78 is 33.2. The number of rotatable bonds is 5. The topological polar surface area (TPSA) is 55.4 Å². The molecule has 6 heteroatoms. The molecule has 1 aromatic carbocycles. The largest absolute Gasteiger partial charge is 0.497 e. The van der Waals surface area contributed by atoms with Crippen LogP contribution < -0.4 is 9.46 Å². The first-order valence-electron chi connectivity index (χ1n) is 7.15. The van der Waals surface area contributed by atoms with Gasteiger partial charge in [0.15, 0.2) is 0 Å². The Bertz CT molecular complexity index is 573. The second-order valence-electron chi connectivity index (χ2n) is 5.90. The van der Waals surface area contributed by atoms with Gasteiger partial charge in [0.1, 0.15) is 5.75 Å². The van der Waals surface area contributed by atoms with Crippen LogP contribution in [0.4, 0.5) is 0 Å². The Hall–Kier alpha value is -0.590. The van der Waals surface area contributed by atoms with Crippen molar-refractivity contribution < 1.29 is 13.2 Å². The number of benzene rings is 1. The standard InChI is InChI=1S/C15H22BrNO3S/c1-12-4-3-9-15(10-12,11-16)17-21(18,19)14-7-5-13(20-2)6-8-14/h5-8,12,17H,3-4,9-11H2,1-2H3. The van der Waals surface area contributed by atoms with Gasteiger partial charge in [-0.3, -0.25) is 0 Å². The Morgan fingerprint density at radius 3 is 2.57 bits per heavy atom. The van der Waals surface area contributed by atoms with Gasteiger partial charge in [0.2, 0.25) is 10.0 Å². The van der Waals surface area contributed by atoms with Crippen molar-refractivity contribution in [3.05, 3.63) is 24.3 Å². The molecule has 1 saturated carbocycles. The molecule has 0 heterocycles. The zero-order chi connectivity index (χ0) is 15.5. The maximum absolute atomic E-state index is 12.6. The zero-order valence-corrected chi connectivity index (χ0v) is 14.8. The molecule has 21 heavy (non-hydrogen) atoms. The number of methoxy groups -OCH3 is 1. The van der Waals surface area contributed by atoms with E-state index in [1.807, 2.05) is 0 Å². The van der Waals surface area contributed by atoms with E-state index in [2.05, 4.69) is 27.6 Å². The summed E-state index contributed by atoms with van der Waals surface area (Å²) in [7, 11) is -1.95. The predicted octanol–water partition coefficient (Wildman–Crippen LogP) is 3.32. The van der Waals surface area contributed by atoms with Crippen LogP contribution in [-0.4, -0.2) is 26.4 Å². The Morgan fingerprint density at radius 2 is 2.05 bits per heavy atom. The first-order valence-corrected chi connectivity index (χ1v) is 9.75. The van der Waals surface area contributed by atoms with Crippen LogP contribution in [0.3, 0.4) is 0 Å². The predicted molar refractivity (Wildman–Crippen MR) is 87.5 cm³/mol. The van der Waals surface area contributed by atoms with Gasteiger partial charge in [-0.05, 0) is 43.0 Å². The molecule has 0 spiro atoms. The minimum Gasteiger partial charge on any atom is -0.497 e. The average molecular weight is 376 g/mol. The summed E-state index contributed by atoms with van der Waals surface area (Å²) in [6.07, 6.45) is 3.96. The van der Waals surface area contributed by atoms with E-state index in [9.17, 15) is 8.42 Å². The van der Waals surface area contributed by atoms with Gasteiger partial charge in [-0.15, -0.1) is 0 Å². The van der Waals surface area contributed by atoms with E-state index in [1.54, 1.807) is 31.4 Å². The van der Waals surface area contributed by atoms with Crippen LogP contribution in [0.1, 0.15) is 32.6 Å². The fourth-order valence-electron chi connectivity index (χ4n) is 3.00. The highest BCUT2D eigenvalue weighted by Crippen LogP contribution is 2.35. The zero-order valence-electron chi connectivity index (χ0n) is 12.4. The molecule has 0 bridgehead atoms. The van der Waals surface area contributed by atoms with Crippen molar-refractivity contribution in [2.75, 3.05) is 12.4 Å². The fourth-order valence-corrected chi connectivity index (χ4v) is 5.28. The van der Waals surface area contributed by atoms with E-state index in [4.69, 9.17) is 4.74 Å². The monoisotopic (exact) mass is 375 g/mol. The van der Waals surface area contributed by atoms with Crippen molar-refractivity contribution in [3.8, 4) is 5.75 Å². The highest BCUT2D eigenvalue weighted by molar-refractivity contribution is 9.09. The highest BCUT2D eigenvalue weighted by Gasteiger charge is 2.37. The number of nitrogens with one attached hydrogen (secondary N) is 1. The smallest absolute Gasteiger partial charge is 0.241 e. The summed E-state index contributed by atoms with van der Waals surface area (Å²) in [4.78, 5) is 0.279. The molecule has 4 nitrogen and oxygen atoms in total. The third kappa shape index (κ3) is 3.99. The lowest BCUT2D eigenvalue weighted by Crippen LogP contribution is -2.52. The molecule has 2 unspecified atom stereocenters. The lowest BCUT2D eigenvalue weighted by molar-refractivity contribution is 0.241. The van der Waals surface area contributed by atoms with Gasteiger partial charge in [-0.2, -0.15) is 0 Å². The Labute approximate surface area is 135 Å². The van der Waals surface area contributed by atoms with Crippen LogP contribution >= 0.6 is 15.9 Å². The van der Waals surface area contributed by atoms with Crippen LogP contribution in [0.5, 0.6) is 5.75 Å². The van der Waals surface area contributed by atoms with Crippen LogP contribution in [0.2, 0.25) is 0 Å².